The van der Waals surface area contributed by atoms with Crippen molar-refractivity contribution in [3.63, 3.8) is 0 Å². The summed E-state index contributed by atoms with van der Waals surface area (Å²) >= 11 is 3.30. The molecule has 98 valence electrons. The van der Waals surface area contributed by atoms with Crippen molar-refractivity contribution in [1.82, 2.24) is 10.3 Å². The minimum absolute atomic E-state index is 0.0751. The van der Waals surface area contributed by atoms with Gasteiger partial charge in [-0.25, -0.2) is 4.98 Å². The fourth-order valence-electron chi connectivity index (χ4n) is 2.49. The van der Waals surface area contributed by atoms with Crippen molar-refractivity contribution >= 4 is 21.8 Å². The fraction of sp³-hybridized carbons (Fsp3) is 0.571. The lowest BCUT2D eigenvalue weighted by Gasteiger charge is -2.09. The molecule has 1 aromatic rings. The minimum Gasteiger partial charge on any atom is -0.351 e. The lowest BCUT2D eigenvalue weighted by atomic mass is 10.0. The molecular formula is C14H19BrN2O. The Morgan fingerprint density at radius 3 is 2.83 bits per heavy atom. The van der Waals surface area contributed by atoms with Crippen molar-refractivity contribution in [1.29, 1.82) is 0 Å². The predicted molar refractivity (Wildman–Crippen MR) is 75.5 cm³/mol. The summed E-state index contributed by atoms with van der Waals surface area (Å²) in [7, 11) is 0. The van der Waals surface area contributed by atoms with Crippen LogP contribution in [0.25, 0.3) is 0 Å². The number of nitrogens with one attached hydrogen (secondary N) is 1. The number of carbonyl (C=O) groups excluding carboxylic acids is 1. The quantitative estimate of drug-likeness (QED) is 0.845. The van der Waals surface area contributed by atoms with E-state index < -0.39 is 0 Å². The van der Waals surface area contributed by atoms with E-state index in [2.05, 4.69) is 26.2 Å². The predicted octanol–water partition coefficient (Wildman–Crippen LogP) is 3.54. The zero-order chi connectivity index (χ0) is 12.8. The van der Waals surface area contributed by atoms with Crippen LogP contribution in [0.2, 0.25) is 0 Å². The third kappa shape index (κ3) is 4.09. The normalized spacial score (nSPS) is 15.8. The van der Waals surface area contributed by atoms with E-state index in [1.54, 1.807) is 12.3 Å². The Morgan fingerprint density at radius 2 is 2.17 bits per heavy atom. The Kier molecular flexibility index (Phi) is 5.17. The van der Waals surface area contributed by atoms with Crippen LogP contribution in [0.4, 0.5) is 0 Å². The maximum absolute atomic E-state index is 11.8. The molecule has 0 bridgehead atoms. The number of aromatic nitrogens is 1. The van der Waals surface area contributed by atoms with Crippen LogP contribution in [0.15, 0.2) is 22.8 Å². The molecule has 1 N–H and O–H groups in total. The number of nitrogens with zero attached hydrogens (tertiary/aromatic N) is 1. The number of amides is 1. The van der Waals surface area contributed by atoms with Crippen molar-refractivity contribution in [3.8, 4) is 0 Å². The summed E-state index contributed by atoms with van der Waals surface area (Å²) in [4.78, 5) is 15.8. The first-order valence-electron chi connectivity index (χ1n) is 6.65. The van der Waals surface area contributed by atoms with Gasteiger partial charge in [-0.2, -0.15) is 0 Å². The van der Waals surface area contributed by atoms with Gasteiger partial charge < -0.3 is 5.32 Å². The monoisotopic (exact) mass is 310 g/mol. The fourth-order valence-corrected chi connectivity index (χ4v) is 2.73. The van der Waals surface area contributed by atoms with Gasteiger partial charge in [-0.1, -0.05) is 25.7 Å². The second-order valence-electron chi connectivity index (χ2n) is 4.91. The highest BCUT2D eigenvalue weighted by atomic mass is 79.9. The van der Waals surface area contributed by atoms with Crippen LogP contribution in [0.1, 0.15) is 49.0 Å². The Labute approximate surface area is 117 Å². The third-order valence-corrected chi connectivity index (χ3v) is 3.98. The lowest BCUT2D eigenvalue weighted by Crippen LogP contribution is -2.25. The van der Waals surface area contributed by atoms with Gasteiger partial charge >= 0.3 is 0 Å². The molecule has 0 saturated heterocycles. The van der Waals surface area contributed by atoms with Crippen molar-refractivity contribution in [2.24, 2.45) is 5.92 Å². The number of pyridine rings is 1. The SMILES string of the molecule is O=C(NCCCC1CCCC1)c1ccc(Br)cn1. The van der Waals surface area contributed by atoms with Crippen LogP contribution in [0.5, 0.6) is 0 Å². The topological polar surface area (TPSA) is 42.0 Å². The Hall–Kier alpha value is -0.900. The first kappa shape index (κ1) is 13.5. The van der Waals surface area contributed by atoms with Gasteiger partial charge in [0, 0.05) is 17.2 Å². The highest BCUT2D eigenvalue weighted by Crippen LogP contribution is 2.28. The zero-order valence-electron chi connectivity index (χ0n) is 10.5. The van der Waals surface area contributed by atoms with E-state index >= 15 is 0 Å². The molecule has 0 spiro atoms. The van der Waals surface area contributed by atoms with Gasteiger partial charge in [0.05, 0.1) is 0 Å². The van der Waals surface area contributed by atoms with E-state index in [0.29, 0.717) is 5.69 Å². The van der Waals surface area contributed by atoms with Gasteiger partial charge in [-0.3, -0.25) is 4.79 Å². The maximum Gasteiger partial charge on any atom is 0.269 e. The van der Waals surface area contributed by atoms with Gasteiger partial charge in [0.2, 0.25) is 0 Å². The van der Waals surface area contributed by atoms with Crippen molar-refractivity contribution in [2.75, 3.05) is 6.54 Å². The van der Waals surface area contributed by atoms with Crippen LogP contribution in [0.3, 0.4) is 0 Å². The van der Waals surface area contributed by atoms with Crippen LogP contribution in [-0.2, 0) is 0 Å². The van der Waals surface area contributed by atoms with E-state index in [1.807, 2.05) is 6.07 Å². The molecule has 2 rings (SSSR count). The van der Waals surface area contributed by atoms with Crippen LogP contribution < -0.4 is 5.32 Å². The average Bonchev–Trinajstić information content (AvgIpc) is 2.88. The molecule has 1 aromatic heterocycles. The summed E-state index contributed by atoms with van der Waals surface area (Å²) in [5, 5.41) is 2.93. The standard InChI is InChI=1S/C14H19BrN2O/c15-12-7-8-13(17-10-12)14(18)16-9-3-6-11-4-1-2-5-11/h7-8,10-11H,1-6,9H2,(H,16,18). The smallest absolute Gasteiger partial charge is 0.269 e. The van der Waals surface area contributed by atoms with Gasteiger partial charge in [0.25, 0.3) is 5.91 Å². The van der Waals surface area contributed by atoms with Gasteiger partial charge in [0.15, 0.2) is 0 Å². The molecule has 18 heavy (non-hydrogen) atoms. The molecule has 0 radical (unpaired) electrons. The highest BCUT2D eigenvalue weighted by molar-refractivity contribution is 9.10. The van der Waals surface area contributed by atoms with E-state index in [-0.39, 0.29) is 5.91 Å². The van der Waals surface area contributed by atoms with Crippen LogP contribution >= 0.6 is 15.9 Å². The second-order valence-corrected chi connectivity index (χ2v) is 5.83. The number of hydrogen-bond donors (Lipinski definition) is 1. The van der Waals surface area contributed by atoms with Crippen LogP contribution in [0, 0.1) is 5.92 Å². The molecule has 1 saturated carbocycles. The van der Waals surface area contributed by atoms with Crippen molar-refractivity contribution in [3.05, 3.63) is 28.5 Å². The molecule has 0 atom stereocenters. The molecule has 1 fully saturated rings. The molecule has 1 aliphatic rings. The Bertz CT molecular complexity index is 385. The number of carbonyl (C=O) groups is 1. The molecule has 1 aliphatic carbocycles. The number of rotatable bonds is 5. The summed E-state index contributed by atoms with van der Waals surface area (Å²) in [5.41, 5.74) is 0.485. The van der Waals surface area contributed by atoms with Gasteiger partial charge in [-0.05, 0) is 46.8 Å². The summed E-state index contributed by atoms with van der Waals surface area (Å²) in [6.07, 6.45) is 9.50. The molecule has 1 amide bonds. The third-order valence-electron chi connectivity index (χ3n) is 3.51. The van der Waals surface area contributed by atoms with E-state index in [1.165, 1.54) is 32.1 Å². The maximum atomic E-state index is 11.8. The zero-order valence-corrected chi connectivity index (χ0v) is 12.1. The van der Waals surface area contributed by atoms with E-state index in [9.17, 15) is 4.79 Å². The lowest BCUT2D eigenvalue weighted by molar-refractivity contribution is 0.0947. The molecule has 4 heteroatoms. The number of halogens is 1. The molecular weight excluding hydrogens is 292 g/mol. The summed E-state index contributed by atoms with van der Waals surface area (Å²) in [5.74, 6) is 0.821. The summed E-state index contributed by atoms with van der Waals surface area (Å²) < 4.78 is 0.889. The molecule has 3 nitrogen and oxygen atoms in total. The largest absolute Gasteiger partial charge is 0.351 e. The van der Waals surface area contributed by atoms with E-state index in [4.69, 9.17) is 0 Å². The van der Waals surface area contributed by atoms with Crippen molar-refractivity contribution in [2.45, 2.75) is 38.5 Å². The molecule has 0 aromatic carbocycles. The summed E-state index contributed by atoms with van der Waals surface area (Å²) in [6.45, 7) is 0.757. The first-order chi connectivity index (χ1) is 8.75. The summed E-state index contributed by atoms with van der Waals surface area (Å²) in [6, 6.07) is 3.57. The van der Waals surface area contributed by atoms with E-state index in [0.717, 1.165) is 23.4 Å². The second kappa shape index (κ2) is 6.88. The molecule has 0 aliphatic heterocycles. The highest BCUT2D eigenvalue weighted by Gasteiger charge is 2.14. The molecule has 1 heterocycles. The van der Waals surface area contributed by atoms with Gasteiger partial charge in [0.1, 0.15) is 5.69 Å². The number of hydrogen-bond acceptors (Lipinski definition) is 2. The van der Waals surface area contributed by atoms with Gasteiger partial charge in [-0.15, -0.1) is 0 Å². The minimum atomic E-state index is -0.0751. The average molecular weight is 311 g/mol. The first-order valence-corrected chi connectivity index (χ1v) is 7.45. The Morgan fingerprint density at radius 1 is 1.39 bits per heavy atom. The Balaban J connectivity index is 1.66. The molecule has 0 unspecified atom stereocenters. The van der Waals surface area contributed by atoms with Crippen molar-refractivity contribution < 1.29 is 4.79 Å². The van der Waals surface area contributed by atoms with Crippen LogP contribution in [-0.4, -0.2) is 17.4 Å².